The Balaban J connectivity index is 3.73. The van der Waals surface area contributed by atoms with Crippen LogP contribution < -0.4 is 11.1 Å². The Kier molecular flexibility index (Phi) is 8.52. The molecule has 0 aliphatic rings. The molecular formula is C9H19N5O. The Morgan fingerprint density at radius 2 is 2.33 bits per heavy atom. The summed E-state index contributed by atoms with van der Waals surface area (Å²) in [6, 6.07) is -0.301. The molecule has 15 heavy (non-hydrogen) atoms. The van der Waals surface area contributed by atoms with Crippen molar-refractivity contribution in [3.8, 4) is 0 Å². The predicted octanol–water partition coefficient (Wildman–Crippen LogP) is 1.32. The first-order chi connectivity index (χ1) is 7.22. The van der Waals surface area contributed by atoms with Crippen LogP contribution in [-0.4, -0.2) is 25.0 Å². The van der Waals surface area contributed by atoms with E-state index >= 15 is 0 Å². The Hall–Kier alpha value is -1.26. The number of hydrogen-bond donors (Lipinski definition) is 2. The zero-order valence-corrected chi connectivity index (χ0v) is 9.15. The van der Waals surface area contributed by atoms with Gasteiger partial charge in [-0.25, -0.2) is 0 Å². The van der Waals surface area contributed by atoms with E-state index in [-0.39, 0.29) is 11.9 Å². The Bertz CT molecular complexity index is 225. The van der Waals surface area contributed by atoms with Crippen molar-refractivity contribution < 1.29 is 4.79 Å². The lowest BCUT2D eigenvalue weighted by Gasteiger charge is -2.14. The number of carbonyl (C=O) groups is 1. The normalized spacial score (nSPS) is 11.8. The van der Waals surface area contributed by atoms with E-state index in [2.05, 4.69) is 22.3 Å². The highest BCUT2D eigenvalue weighted by Gasteiger charge is 2.12. The van der Waals surface area contributed by atoms with Crippen molar-refractivity contribution in [2.24, 2.45) is 10.8 Å². The minimum atomic E-state index is -0.341. The molecule has 0 aromatic heterocycles. The number of amides is 1. The van der Waals surface area contributed by atoms with Crippen molar-refractivity contribution in [2.75, 3.05) is 13.1 Å². The summed E-state index contributed by atoms with van der Waals surface area (Å²) >= 11 is 0. The second-order valence-corrected chi connectivity index (χ2v) is 3.36. The van der Waals surface area contributed by atoms with Gasteiger partial charge in [0.2, 0.25) is 5.91 Å². The fourth-order valence-electron chi connectivity index (χ4n) is 1.28. The first kappa shape index (κ1) is 13.7. The van der Waals surface area contributed by atoms with Crippen LogP contribution in [0.15, 0.2) is 5.11 Å². The van der Waals surface area contributed by atoms with Crippen molar-refractivity contribution in [2.45, 2.75) is 38.6 Å². The quantitative estimate of drug-likeness (QED) is 0.261. The van der Waals surface area contributed by atoms with Crippen LogP contribution in [0.25, 0.3) is 10.4 Å². The molecule has 3 N–H and O–H groups in total. The van der Waals surface area contributed by atoms with Gasteiger partial charge in [0.05, 0.1) is 6.04 Å². The van der Waals surface area contributed by atoms with Crippen molar-refractivity contribution in [3.63, 3.8) is 0 Å². The van der Waals surface area contributed by atoms with Crippen molar-refractivity contribution in [1.82, 2.24) is 5.32 Å². The molecule has 0 aliphatic carbocycles. The summed E-state index contributed by atoms with van der Waals surface area (Å²) in [5, 5.41) is 6.34. The maximum absolute atomic E-state index is 11.0. The van der Waals surface area contributed by atoms with E-state index in [9.17, 15) is 4.79 Å². The summed E-state index contributed by atoms with van der Waals surface area (Å²) in [7, 11) is 0. The molecule has 0 radical (unpaired) electrons. The van der Waals surface area contributed by atoms with E-state index in [0.717, 1.165) is 25.7 Å². The Morgan fingerprint density at radius 1 is 1.60 bits per heavy atom. The Labute approximate surface area is 89.8 Å². The molecule has 0 aromatic carbocycles. The van der Waals surface area contributed by atoms with Gasteiger partial charge in [-0.15, -0.1) is 0 Å². The fraction of sp³-hybridized carbons (Fsp3) is 0.889. The molecule has 0 rings (SSSR count). The second-order valence-electron chi connectivity index (χ2n) is 3.36. The molecule has 1 unspecified atom stereocenters. The first-order valence-corrected chi connectivity index (χ1v) is 5.26. The van der Waals surface area contributed by atoms with Gasteiger partial charge in [-0.05, 0) is 12.0 Å². The number of nitrogens with two attached hydrogens (primary N) is 1. The van der Waals surface area contributed by atoms with Gasteiger partial charge in [-0.1, -0.05) is 31.3 Å². The number of azide groups is 1. The number of nitrogens with zero attached hydrogens (tertiary/aromatic N) is 3. The van der Waals surface area contributed by atoms with Crippen LogP contribution >= 0.6 is 0 Å². The van der Waals surface area contributed by atoms with Gasteiger partial charge in [0.1, 0.15) is 0 Å². The molecule has 1 atom stereocenters. The van der Waals surface area contributed by atoms with Gasteiger partial charge in [0.25, 0.3) is 0 Å². The molecule has 0 saturated carbocycles. The molecule has 6 heteroatoms. The van der Waals surface area contributed by atoms with E-state index in [1.165, 1.54) is 0 Å². The molecular weight excluding hydrogens is 194 g/mol. The van der Waals surface area contributed by atoms with Crippen LogP contribution in [0.4, 0.5) is 0 Å². The lowest BCUT2D eigenvalue weighted by molar-refractivity contribution is -0.120. The standard InChI is InChI=1S/C9H19N5O/c1-2-3-4-5-8(9(10)15)12-6-7-13-14-11/h8,12H,2-7H2,1H3,(H2,10,15). The summed E-state index contributed by atoms with van der Waals surface area (Å²) < 4.78 is 0. The highest BCUT2D eigenvalue weighted by Crippen LogP contribution is 2.02. The third-order valence-corrected chi connectivity index (χ3v) is 2.11. The zero-order valence-electron chi connectivity index (χ0n) is 9.15. The molecule has 86 valence electrons. The highest BCUT2D eigenvalue weighted by molar-refractivity contribution is 5.79. The van der Waals surface area contributed by atoms with E-state index in [1.807, 2.05) is 0 Å². The SMILES string of the molecule is CCCCCC(NCCN=[N+]=[N-])C(N)=O. The molecule has 0 fully saturated rings. The fourth-order valence-corrected chi connectivity index (χ4v) is 1.28. The number of rotatable bonds is 9. The molecule has 0 aliphatic heterocycles. The van der Waals surface area contributed by atoms with Gasteiger partial charge in [-0.2, -0.15) is 0 Å². The topological polar surface area (TPSA) is 104 Å². The van der Waals surface area contributed by atoms with Crippen molar-refractivity contribution in [1.29, 1.82) is 0 Å². The number of hydrogen-bond acceptors (Lipinski definition) is 3. The van der Waals surface area contributed by atoms with Crippen LogP contribution in [-0.2, 0) is 4.79 Å². The third kappa shape index (κ3) is 7.78. The number of unbranched alkanes of at least 4 members (excludes halogenated alkanes) is 2. The molecule has 0 heterocycles. The lowest BCUT2D eigenvalue weighted by atomic mass is 10.1. The predicted molar refractivity (Wildman–Crippen MR) is 59.1 cm³/mol. The molecule has 0 spiro atoms. The van der Waals surface area contributed by atoms with E-state index in [0.29, 0.717) is 13.1 Å². The van der Waals surface area contributed by atoms with E-state index in [4.69, 9.17) is 11.3 Å². The van der Waals surface area contributed by atoms with Crippen LogP contribution in [0.3, 0.4) is 0 Å². The van der Waals surface area contributed by atoms with Crippen LogP contribution in [0.2, 0.25) is 0 Å². The van der Waals surface area contributed by atoms with Crippen LogP contribution in [0.1, 0.15) is 32.6 Å². The van der Waals surface area contributed by atoms with Crippen molar-refractivity contribution in [3.05, 3.63) is 10.4 Å². The minimum Gasteiger partial charge on any atom is -0.368 e. The van der Waals surface area contributed by atoms with Crippen molar-refractivity contribution >= 4 is 5.91 Å². The molecule has 0 saturated heterocycles. The van der Waals surface area contributed by atoms with Gasteiger partial charge in [0, 0.05) is 18.0 Å². The van der Waals surface area contributed by atoms with Crippen LogP contribution in [0, 0.1) is 0 Å². The first-order valence-electron chi connectivity index (χ1n) is 5.26. The third-order valence-electron chi connectivity index (χ3n) is 2.11. The molecule has 1 amide bonds. The summed E-state index contributed by atoms with van der Waals surface area (Å²) in [4.78, 5) is 13.6. The average molecular weight is 213 g/mol. The Morgan fingerprint density at radius 3 is 2.87 bits per heavy atom. The number of carbonyl (C=O) groups excluding carboxylic acids is 1. The summed E-state index contributed by atoms with van der Waals surface area (Å²) in [5.74, 6) is -0.341. The largest absolute Gasteiger partial charge is 0.368 e. The van der Waals surface area contributed by atoms with Gasteiger partial charge >= 0.3 is 0 Å². The highest BCUT2D eigenvalue weighted by atomic mass is 16.1. The maximum atomic E-state index is 11.0. The van der Waals surface area contributed by atoms with Gasteiger partial charge in [0.15, 0.2) is 0 Å². The van der Waals surface area contributed by atoms with Gasteiger partial charge in [-0.3, -0.25) is 4.79 Å². The zero-order chi connectivity index (χ0) is 11.5. The monoisotopic (exact) mass is 213 g/mol. The smallest absolute Gasteiger partial charge is 0.234 e. The minimum absolute atomic E-state index is 0.301. The molecule has 0 aromatic rings. The van der Waals surface area contributed by atoms with Gasteiger partial charge < -0.3 is 11.1 Å². The lowest BCUT2D eigenvalue weighted by Crippen LogP contribution is -2.42. The van der Waals surface area contributed by atoms with E-state index in [1.54, 1.807) is 0 Å². The maximum Gasteiger partial charge on any atom is 0.234 e. The summed E-state index contributed by atoms with van der Waals surface area (Å²) in [6.07, 6.45) is 3.95. The van der Waals surface area contributed by atoms with E-state index < -0.39 is 0 Å². The molecule has 0 bridgehead atoms. The average Bonchev–Trinajstić information content (AvgIpc) is 2.21. The molecule has 6 nitrogen and oxygen atoms in total. The van der Waals surface area contributed by atoms with Crippen LogP contribution in [0.5, 0.6) is 0 Å². The number of nitrogens with one attached hydrogen (secondary N) is 1. The summed E-state index contributed by atoms with van der Waals surface area (Å²) in [5.41, 5.74) is 13.3. The summed E-state index contributed by atoms with van der Waals surface area (Å²) in [6.45, 7) is 2.94. The second kappa shape index (κ2) is 9.30. The number of primary amides is 1.